The standard InChI is InChI=1S/C20H30O2/c1-12(2)14-9-13-10-17(22)18-19(3,4)7-6-8-20(18,5)15(13)11-16(14)21/h9,11-12,17-18,21-22H,6-8,10H2,1-5H3/t17-,18-,20+/m1/s1. The number of aliphatic hydroxyl groups excluding tert-OH is 1. The van der Waals surface area contributed by atoms with Gasteiger partial charge in [-0.1, -0.05) is 47.1 Å². The fraction of sp³-hybridized carbons (Fsp3) is 0.700. The van der Waals surface area contributed by atoms with Crippen molar-refractivity contribution in [2.24, 2.45) is 11.3 Å². The Morgan fingerprint density at radius 1 is 1.14 bits per heavy atom. The molecule has 3 atom stereocenters. The molecule has 2 N–H and O–H groups in total. The number of aromatic hydroxyl groups is 1. The SMILES string of the molecule is CC(C)c1cc2c(cc1O)[C@]1(C)CCCC(C)(C)[C@H]1[C@H](O)C2. The van der Waals surface area contributed by atoms with Crippen LogP contribution >= 0.6 is 0 Å². The molecule has 0 saturated heterocycles. The van der Waals surface area contributed by atoms with Crippen LogP contribution in [0.2, 0.25) is 0 Å². The van der Waals surface area contributed by atoms with E-state index in [4.69, 9.17) is 0 Å². The number of phenols is 1. The van der Waals surface area contributed by atoms with Crippen molar-refractivity contribution in [1.82, 2.24) is 0 Å². The van der Waals surface area contributed by atoms with Crippen molar-refractivity contribution in [3.8, 4) is 5.75 Å². The minimum Gasteiger partial charge on any atom is -0.508 e. The van der Waals surface area contributed by atoms with E-state index in [0.29, 0.717) is 11.7 Å². The monoisotopic (exact) mass is 302 g/mol. The third kappa shape index (κ3) is 2.19. The lowest BCUT2D eigenvalue weighted by Gasteiger charge is -2.56. The van der Waals surface area contributed by atoms with Crippen LogP contribution in [0.15, 0.2) is 12.1 Å². The molecule has 1 fully saturated rings. The predicted molar refractivity (Wildman–Crippen MR) is 90.4 cm³/mol. The highest BCUT2D eigenvalue weighted by atomic mass is 16.3. The molecule has 2 aliphatic rings. The van der Waals surface area contributed by atoms with E-state index in [1.165, 1.54) is 24.0 Å². The highest BCUT2D eigenvalue weighted by Gasteiger charge is 2.53. The summed E-state index contributed by atoms with van der Waals surface area (Å²) in [7, 11) is 0. The number of rotatable bonds is 1. The molecule has 0 radical (unpaired) electrons. The molecule has 0 spiro atoms. The minimum atomic E-state index is -0.280. The quantitative estimate of drug-likeness (QED) is 0.801. The van der Waals surface area contributed by atoms with Gasteiger partial charge in [-0.3, -0.25) is 0 Å². The summed E-state index contributed by atoms with van der Waals surface area (Å²) in [4.78, 5) is 0. The van der Waals surface area contributed by atoms with E-state index in [2.05, 4.69) is 40.7 Å². The summed E-state index contributed by atoms with van der Waals surface area (Å²) in [5.41, 5.74) is 3.64. The normalized spacial score (nSPS) is 33.4. The first-order valence-corrected chi connectivity index (χ1v) is 8.71. The summed E-state index contributed by atoms with van der Waals surface area (Å²) in [6, 6.07) is 4.15. The first-order valence-electron chi connectivity index (χ1n) is 8.71. The smallest absolute Gasteiger partial charge is 0.119 e. The zero-order valence-electron chi connectivity index (χ0n) is 14.6. The summed E-state index contributed by atoms with van der Waals surface area (Å²) in [6.45, 7) is 11.1. The Labute approximate surface area is 134 Å². The van der Waals surface area contributed by atoms with Crippen molar-refractivity contribution in [2.45, 2.75) is 77.7 Å². The second-order valence-electron chi connectivity index (χ2n) is 8.73. The molecule has 1 saturated carbocycles. The lowest BCUT2D eigenvalue weighted by molar-refractivity contribution is -0.0535. The van der Waals surface area contributed by atoms with E-state index in [1.54, 1.807) is 0 Å². The molecule has 3 rings (SSSR count). The summed E-state index contributed by atoms with van der Waals surface area (Å²) < 4.78 is 0. The van der Waals surface area contributed by atoms with Gasteiger partial charge in [0.25, 0.3) is 0 Å². The van der Waals surface area contributed by atoms with E-state index in [0.717, 1.165) is 18.4 Å². The molecule has 0 heterocycles. The molecule has 2 nitrogen and oxygen atoms in total. The largest absolute Gasteiger partial charge is 0.508 e. The topological polar surface area (TPSA) is 40.5 Å². The number of hydrogen-bond acceptors (Lipinski definition) is 2. The van der Waals surface area contributed by atoms with Gasteiger partial charge in [-0.2, -0.15) is 0 Å². The van der Waals surface area contributed by atoms with Crippen LogP contribution in [-0.4, -0.2) is 16.3 Å². The highest BCUT2D eigenvalue weighted by molar-refractivity contribution is 5.49. The Bertz CT molecular complexity index is 588. The molecule has 122 valence electrons. The Morgan fingerprint density at radius 3 is 2.45 bits per heavy atom. The van der Waals surface area contributed by atoms with Crippen molar-refractivity contribution in [1.29, 1.82) is 0 Å². The molecule has 1 aromatic carbocycles. The summed E-state index contributed by atoms with van der Waals surface area (Å²) in [5.74, 6) is 0.995. The maximum Gasteiger partial charge on any atom is 0.119 e. The maximum absolute atomic E-state index is 10.9. The second-order valence-corrected chi connectivity index (χ2v) is 8.73. The van der Waals surface area contributed by atoms with Crippen LogP contribution < -0.4 is 0 Å². The molecule has 2 aliphatic carbocycles. The van der Waals surface area contributed by atoms with Crippen molar-refractivity contribution in [3.63, 3.8) is 0 Å². The van der Waals surface area contributed by atoms with E-state index in [1.807, 2.05) is 6.07 Å². The maximum atomic E-state index is 10.9. The Kier molecular flexibility index (Phi) is 3.60. The molecule has 2 heteroatoms. The summed E-state index contributed by atoms with van der Waals surface area (Å²) in [5, 5.41) is 21.4. The average Bonchev–Trinajstić information content (AvgIpc) is 2.37. The number of aliphatic hydroxyl groups is 1. The van der Waals surface area contributed by atoms with Gasteiger partial charge in [0.05, 0.1) is 6.10 Å². The third-order valence-corrected chi connectivity index (χ3v) is 6.35. The van der Waals surface area contributed by atoms with Crippen LogP contribution in [0.4, 0.5) is 0 Å². The van der Waals surface area contributed by atoms with Gasteiger partial charge in [-0.15, -0.1) is 0 Å². The number of hydrogen-bond donors (Lipinski definition) is 2. The minimum absolute atomic E-state index is 0.0261. The summed E-state index contributed by atoms with van der Waals surface area (Å²) in [6.07, 6.45) is 3.91. The second kappa shape index (κ2) is 4.99. The molecule has 1 aromatic rings. The van der Waals surface area contributed by atoms with Gasteiger partial charge >= 0.3 is 0 Å². The van der Waals surface area contributed by atoms with E-state index in [9.17, 15) is 10.2 Å². The third-order valence-electron chi connectivity index (χ3n) is 6.35. The van der Waals surface area contributed by atoms with Gasteiger partial charge in [0.2, 0.25) is 0 Å². The van der Waals surface area contributed by atoms with Crippen LogP contribution in [0.3, 0.4) is 0 Å². The lowest BCUT2D eigenvalue weighted by atomic mass is 9.49. The fourth-order valence-corrected chi connectivity index (χ4v) is 5.49. The molecule has 22 heavy (non-hydrogen) atoms. The zero-order chi connectivity index (χ0) is 16.3. The van der Waals surface area contributed by atoms with Crippen molar-refractivity contribution >= 4 is 0 Å². The molecule has 0 aromatic heterocycles. The summed E-state index contributed by atoms with van der Waals surface area (Å²) >= 11 is 0. The van der Waals surface area contributed by atoms with Crippen LogP contribution in [0, 0.1) is 11.3 Å². The van der Waals surface area contributed by atoms with Gasteiger partial charge in [0.15, 0.2) is 0 Å². The van der Waals surface area contributed by atoms with Crippen molar-refractivity contribution < 1.29 is 10.2 Å². The van der Waals surface area contributed by atoms with Gasteiger partial charge in [-0.25, -0.2) is 0 Å². The number of phenolic OH excluding ortho intramolecular Hbond substituents is 1. The lowest BCUT2D eigenvalue weighted by Crippen LogP contribution is -2.54. The highest BCUT2D eigenvalue weighted by Crippen LogP contribution is 2.57. The van der Waals surface area contributed by atoms with E-state index in [-0.39, 0.29) is 22.9 Å². The molecule has 0 amide bonds. The fourth-order valence-electron chi connectivity index (χ4n) is 5.49. The average molecular weight is 302 g/mol. The first kappa shape index (κ1) is 15.9. The first-order chi connectivity index (χ1) is 10.2. The van der Waals surface area contributed by atoms with Gasteiger partial charge in [0, 0.05) is 0 Å². The van der Waals surface area contributed by atoms with Gasteiger partial charge in [0.1, 0.15) is 5.75 Å². The molecule has 0 bridgehead atoms. The molecular formula is C20H30O2. The van der Waals surface area contributed by atoms with Gasteiger partial charge < -0.3 is 10.2 Å². The number of benzene rings is 1. The van der Waals surface area contributed by atoms with Crippen molar-refractivity contribution in [3.05, 3.63) is 28.8 Å². The van der Waals surface area contributed by atoms with Crippen LogP contribution in [-0.2, 0) is 11.8 Å². The van der Waals surface area contributed by atoms with E-state index < -0.39 is 0 Å². The Morgan fingerprint density at radius 2 is 1.82 bits per heavy atom. The van der Waals surface area contributed by atoms with Crippen LogP contribution in [0.25, 0.3) is 0 Å². The van der Waals surface area contributed by atoms with Crippen LogP contribution in [0.5, 0.6) is 5.75 Å². The van der Waals surface area contributed by atoms with E-state index >= 15 is 0 Å². The molecular weight excluding hydrogens is 272 g/mol. The predicted octanol–water partition coefficient (Wildman–Crippen LogP) is 4.52. The zero-order valence-corrected chi connectivity index (χ0v) is 14.6. The Hall–Kier alpha value is -1.02. The Balaban J connectivity index is 2.17. The van der Waals surface area contributed by atoms with Crippen LogP contribution in [0.1, 0.15) is 76.5 Å². The molecule has 0 unspecified atom stereocenters. The number of fused-ring (bicyclic) bond motifs is 3. The van der Waals surface area contributed by atoms with Gasteiger partial charge in [-0.05, 0) is 64.7 Å². The van der Waals surface area contributed by atoms with Crippen molar-refractivity contribution in [2.75, 3.05) is 0 Å². The molecule has 0 aliphatic heterocycles.